The van der Waals surface area contributed by atoms with Gasteiger partial charge in [-0.1, -0.05) is 6.07 Å². The Labute approximate surface area is 164 Å². The number of carbonyl (C=O) groups is 2. The topological polar surface area (TPSA) is 108 Å². The fourth-order valence-electron chi connectivity index (χ4n) is 2.88. The van der Waals surface area contributed by atoms with Crippen LogP contribution < -0.4 is 20.3 Å². The zero-order valence-corrected chi connectivity index (χ0v) is 15.5. The quantitative estimate of drug-likeness (QED) is 0.647. The number of amides is 1. The number of fused-ring (bicyclic) bond motifs is 2. The molecule has 0 aliphatic carbocycles. The number of aryl methyl sites for hydroxylation is 1. The van der Waals surface area contributed by atoms with Crippen LogP contribution in [0.2, 0.25) is 0 Å². The Morgan fingerprint density at radius 3 is 2.90 bits per heavy atom. The van der Waals surface area contributed by atoms with E-state index in [2.05, 4.69) is 10.3 Å². The van der Waals surface area contributed by atoms with Crippen LogP contribution in [0.4, 0.5) is 0 Å². The van der Waals surface area contributed by atoms with Gasteiger partial charge in [0.2, 0.25) is 6.79 Å². The molecule has 9 heteroatoms. The molecule has 1 N–H and O–H groups in total. The zero-order chi connectivity index (χ0) is 20.4. The highest BCUT2D eigenvalue weighted by Gasteiger charge is 2.17. The normalized spacial score (nSPS) is 12.0. The number of nitrogens with one attached hydrogen (secondary N) is 1. The molecule has 0 bridgehead atoms. The van der Waals surface area contributed by atoms with Gasteiger partial charge in [-0.05, 0) is 36.8 Å². The molecule has 1 aliphatic heterocycles. The van der Waals surface area contributed by atoms with Gasteiger partial charge < -0.3 is 19.5 Å². The Kier molecular flexibility index (Phi) is 4.86. The van der Waals surface area contributed by atoms with Crippen molar-refractivity contribution in [2.75, 3.05) is 13.3 Å². The number of carbonyl (C=O) groups excluding carboxylic acids is 2. The van der Waals surface area contributed by atoms with Gasteiger partial charge in [0.15, 0.2) is 11.5 Å². The van der Waals surface area contributed by atoms with Crippen LogP contribution >= 0.6 is 0 Å². The molecule has 148 valence electrons. The second-order valence-corrected chi connectivity index (χ2v) is 6.38. The van der Waals surface area contributed by atoms with E-state index in [0.29, 0.717) is 28.4 Å². The Morgan fingerprint density at radius 1 is 1.21 bits per heavy atom. The Balaban J connectivity index is 1.34. The lowest BCUT2D eigenvalue weighted by Crippen LogP contribution is -2.30. The number of aromatic nitrogens is 2. The molecule has 0 unspecified atom stereocenters. The van der Waals surface area contributed by atoms with Crippen LogP contribution in [0.1, 0.15) is 21.6 Å². The van der Waals surface area contributed by atoms with Gasteiger partial charge in [-0.15, -0.1) is 0 Å². The fourth-order valence-corrected chi connectivity index (χ4v) is 2.88. The summed E-state index contributed by atoms with van der Waals surface area (Å²) in [5, 5.41) is 2.48. The number of rotatable bonds is 5. The number of hydrogen-bond acceptors (Lipinski definition) is 7. The molecule has 3 heterocycles. The summed E-state index contributed by atoms with van der Waals surface area (Å²) in [5.74, 6) is -0.0528. The molecular weight excluding hydrogens is 378 g/mol. The van der Waals surface area contributed by atoms with Crippen molar-refractivity contribution in [3.8, 4) is 11.5 Å². The molecule has 0 atom stereocenters. The molecule has 2 aromatic heterocycles. The van der Waals surface area contributed by atoms with Crippen molar-refractivity contribution in [3.63, 3.8) is 0 Å². The SMILES string of the molecule is Cc1cccn2c(=O)cc(COC(=O)CNC(=O)c3ccc4c(c3)OCO4)nc12. The maximum absolute atomic E-state index is 12.2. The summed E-state index contributed by atoms with van der Waals surface area (Å²) < 4.78 is 17.0. The molecule has 0 fully saturated rings. The van der Waals surface area contributed by atoms with Crippen LogP contribution in [0.15, 0.2) is 47.4 Å². The Bertz CT molecular complexity index is 1170. The summed E-state index contributed by atoms with van der Waals surface area (Å²) in [6.07, 6.45) is 1.62. The maximum atomic E-state index is 12.2. The lowest BCUT2D eigenvalue weighted by molar-refractivity contribution is -0.143. The summed E-state index contributed by atoms with van der Waals surface area (Å²) in [5.41, 5.74) is 1.73. The molecule has 0 radical (unpaired) electrons. The molecular formula is C20H17N3O6. The third kappa shape index (κ3) is 3.88. The van der Waals surface area contributed by atoms with Gasteiger partial charge in [0.25, 0.3) is 11.5 Å². The van der Waals surface area contributed by atoms with Gasteiger partial charge in [-0.2, -0.15) is 0 Å². The second kappa shape index (κ2) is 7.63. The highest BCUT2D eigenvalue weighted by Crippen LogP contribution is 2.32. The minimum atomic E-state index is -0.647. The van der Waals surface area contributed by atoms with E-state index < -0.39 is 11.9 Å². The fraction of sp³-hybridized carbons (Fsp3) is 0.200. The molecule has 1 aromatic carbocycles. The van der Waals surface area contributed by atoms with Crippen molar-refractivity contribution in [1.29, 1.82) is 0 Å². The maximum Gasteiger partial charge on any atom is 0.325 e. The second-order valence-electron chi connectivity index (χ2n) is 6.38. The van der Waals surface area contributed by atoms with Crippen molar-refractivity contribution in [2.45, 2.75) is 13.5 Å². The lowest BCUT2D eigenvalue weighted by Gasteiger charge is -2.08. The minimum absolute atomic E-state index is 0.110. The van der Waals surface area contributed by atoms with Crippen molar-refractivity contribution in [3.05, 3.63) is 69.8 Å². The Hall–Kier alpha value is -3.88. The van der Waals surface area contributed by atoms with E-state index in [9.17, 15) is 14.4 Å². The van der Waals surface area contributed by atoms with Gasteiger partial charge in [0.1, 0.15) is 18.8 Å². The van der Waals surface area contributed by atoms with Gasteiger partial charge in [0.05, 0.1) is 5.69 Å². The standard InChI is InChI=1S/C20H17N3O6/c1-12-3-2-6-23-17(24)8-14(22-19(12)23)10-27-18(25)9-21-20(26)13-4-5-15-16(7-13)29-11-28-15/h2-8H,9-11H2,1H3,(H,21,26). The molecule has 1 aliphatic rings. The molecule has 9 nitrogen and oxygen atoms in total. The average molecular weight is 395 g/mol. The Morgan fingerprint density at radius 2 is 2.03 bits per heavy atom. The molecule has 4 rings (SSSR count). The molecule has 29 heavy (non-hydrogen) atoms. The van der Waals surface area contributed by atoms with Crippen LogP contribution in [0.3, 0.4) is 0 Å². The first-order valence-corrected chi connectivity index (χ1v) is 8.82. The van der Waals surface area contributed by atoms with Crippen molar-refractivity contribution in [1.82, 2.24) is 14.7 Å². The molecule has 0 saturated heterocycles. The van der Waals surface area contributed by atoms with Crippen LogP contribution in [-0.4, -0.2) is 34.6 Å². The molecule has 0 saturated carbocycles. The van der Waals surface area contributed by atoms with E-state index in [1.165, 1.54) is 16.5 Å². The van der Waals surface area contributed by atoms with Crippen molar-refractivity contribution >= 4 is 17.5 Å². The third-order valence-electron chi connectivity index (χ3n) is 4.35. The van der Waals surface area contributed by atoms with Crippen LogP contribution in [0, 0.1) is 6.92 Å². The summed E-state index contributed by atoms with van der Waals surface area (Å²) in [4.78, 5) is 40.7. The summed E-state index contributed by atoms with van der Waals surface area (Å²) >= 11 is 0. The minimum Gasteiger partial charge on any atom is -0.458 e. The monoisotopic (exact) mass is 395 g/mol. The number of pyridine rings is 1. The summed E-state index contributed by atoms with van der Waals surface area (Å²) in [6.45, 7) is 1.46. The number of benzene rings is 1. The third-order valence-corrected chi connectivity index (χ3v) is 4.35. The first-order valence-electron chi connectivity index (χ1n) is 8.82. The summed E-state index contributed by atoms with van der Waals surface area (Å²) in [7, 11) is 0. The predicted octanol–water partition coefficient (Wildman–Crippen LogP) is 1.20. The molecule has 3 aromatic rings. The van der Waals surface area contributed by atoms with E-state index in [4.69, 9.17) is 14.2 Å². The van der Waals surface area contributed by atoms with E-state index >= 15 is 0 Å². The lowest BCUT2D eigenvalue weighted by atomic mass is 10.2. The number of ether oxygens (including phenoxy) is 3. The van der Waals surface area contributed by atoms with Gasteiger partial charge >= 0.3 is 5.97 Å². The molecule has 1 amide bonds. The van der Waals surface area contributed by atoms with Gasteiger partial charge in [-0.3, -0.25) is 18.8 Å². The van der Waals surface area contributed by atoms with Crippen LogP contribution in [0.25, 0.3) is 5.65 Å². The number of esters is 1. The largest absolute Gasteiger partial charge is 0.458 e. The van der Waals surface area contributed by atoms with E-state index in [-0.39, 0.29) is 25.5 Å². The summed E-state index contributed by atoms with van der Waals surface area (Å²) in [6, 6.07) is 9.64. The van der Waals surface area contributed by atoms with Crippen LogP contribution in [-0.2, 0) is 16.1 Å². The predicted molar refractivity (Wildman–Crippen MR) is 101 cm³/mol. The smallest absolute Gasteiger partial charge is 0.325 e. The van der Waals surface area contributed by atoms with E-state index in [1.54, 1.807) is 24.4 Å². The van der Waals surface area contributed by atoms with E-state index in [1.807, 2.05) is 13.0 Å². The van der Waals surface area contributed by atoms with Crippen LogP contribution in [0.5, 0.6) is 11.5 Å². The molecule has 0 spiro atoms. The first kappa shape index (κ1) is 18.5. The first-order chi connectivity index (χ1) is 14.0. The average Bonchev–Trinajstić information content (AvgIpc) is 3.19. The highest BCUT2D eigenvalue weighted by atomic mass is 16.7. The van der Waals surface area contributed by atoms with Gasteiger partial charge in [0, 0.05) is 17.8 Å². The van der Waals surface area contributed by atoms with Crippen molar-refractivity contribution in [2.24, 2.45) is 0 Å². The number of hydrogen-bond donors (Lipinski definition) is 1. The van der Waals surface area contributed by atoms with E-state index in [0.717, 1.165) is 5.56 Å². The zero-order valence-electron chi connectivity index (χ0n) is 15.5. The van der Waals surface area contributed by atoms with Gasteiger partial charge in [-0.25, -0.2) is 4.98 Å². The van der Waals surface area contributed by atoms with Crippen molar-refractivity contribution < 1.29 is 23.8 Å². The highest BCUT2D eigenvalue weighted by molar-refractivity contribution is 5.96. The number of nitrogens with zero attached hydrogens (tertiary/aromatic N) is 2.